The molecule has 1 aliphatic rings. The van der Waals surface area contributed by atoms with Crippen molar-refractivity contribution in [3.8, 4) is 0 Å². The van der Waals surface area contributed by atoms with E-state index in [2.05, 4.69) is 32.4 Å². The van der Waals surface area contributed by atoms with E-state index < -0.39 is 0 Å². The van der Waals surface area contributed by atoms with Gasteiger partial charge in [0.2, 0.25) is 0 Å². The van der Waals surface area contributed by atoms with Gasteiger partial charge in [0.1, 0.15) is 5.56 Å². The van der Waals surface area contributed by atoms with E-state index >= 15 is 0 Å². The van der Waals surface area contributed by atoms with E-state index in [-0.39, 0.29) is 5.91 Å². The van der Waals surface area contributed by atoms with Gasteiger partial charge in [0.05, 0.1) is 5.69 Å². The van der Waals surface area contributed by atoms with Crippen molar-refractivity contribution in [1.82, 2.24) is 14.6 Å². The van der Waals surface area contributed by atoms with Gasteiger partial charge in [0.25, 0.3) is 5.91 Å². The quantitative estimate of drug-likeness (QED) is 0.798. The molecule has 1 N–H and O–H groups in total. The second-order valence-electron chi connectivity index (χ2n) is 6.40. The van der Waals surface area contributed by atoms with E-state index in [9.17, 15) is 4.79 Å². The number of aryl methyl sites for hydroxylation is 1. The molecule has 0 bridgehead atoms. The molecule has 2 aromatic heterocycles. The first-order valence-electron chi connectivity index (χ1n) is 8.69. The standard InChI is InChI=1S/C19H21N5O/c1-14-17(18-20-10-5-13-24(18)22-14)19(25)21-15-6-8-16(9-7-15)23-11-3-2-4-12-23/h5-10,13H,2-4,11-12H2,1H3,(H,21,25). The van der Waals surface area contributed by atoms with Gasteiger partial charge in [-0.15, -0.1) is 0 Å². The molecule has 3 heterocycles. The molecule has 1 aliphatic heterocycles. The van der Waals surface area contributed by atoms with E-state index in [1.165, 1.54) is 24.9 Å². The summed E-state index contributed by atoms with van der Waals surface area (Å²) in [6.07, 6.45) is 7.27. The third-order valence-corrected chi connectivity index (χ3v) is 4.64. The summed E-state index contributed by atoms with van der Waals surface area (Å²) in [6, 6.07) is 9.84. The Balaban J connectivity index is 1.53. The fraction of sp³-hybridized carbons (Fsp3) is 0.316. The summed E-state index contributed by atoms with van der Waals surface area (Å²) >= 11 is 0. The van der Waals surface area contributed by atoms with Crippen LogP contribution in [0.4, 0.5) is 11.4 Å². The Morgan fingerprint density at radius 3 is 2.64 bits per heavy atom. The minimum Gasteiger partial charge on any atom is -0.372 e. The minimum absolute atomic E-state index is 0.183. The second kappa shape index (κ2) is 6.55. The summed E-state index contributed by atoms with van der Waals surface area (Å²) in [6.45, 7) is 4.04. The van der Waals surface area contributed by atoms with E-state index in [1.54, 1.807) is 23.0 Å². The average molecular weight is 335 g/mol. The molecule has 25 heavy (non-hydrogen) atoms. The van der Waals surface area contributed by atoms with Crippen LogP contribution in [0.25, 0.3) is 5.65 Å². The molecule has 0 unspecified atom stereocenters. The first-order valence-corrected chi connectivity index (χ1v) is 8.69. The summed E-state index contributed by atoms with van der Waals surface area (Å²) in [5.41, 5.74) is 3.75. The highest BCUT2D eigenvalue weighted by molar-refractivity contribution is 6.09. The Kier molecular flexibility index (Phi) is 4.09. The zero-order valence-electron chi connectivity index (χ0n) is 14.3. The van der Waals surface area contributed by atoms with Crippen LogP contribution in [-0.2, 0) is 0 Å². The molecule has 128 valence electrons. The Labute approximate surface area is 146 Å². The number of amides is 1. The Hall–Kier alpha value is -2.89. The minimum atomic E-state index is -0.183. The number of benzene rings is 1. The van der Waals surface area contributed by atoms with Crippen LogP contribution in [0.3, 0.4) is 0 Å². The van der Waals surface area contributed by atoms with Crippen molar-refractivity contribution in [3.63, 3.8) is 0 Å². The van der Waals surface area contributed by atoms with Crippen LogP contribution in [0.15, 0.2) is 42.7 Å². The molecule has 0 radical (unpaired) electrons. The number of nitrogens with one attached hydrogen (secondary N) is 1. The van der Waals surface area contributed by atoms with Crippen molar-refractivity contribution in [2.45, 2.75) is 26.2 Å². The van der Waals surface area contributed by atoms with Crippen LogP contribution in [0.5, 0.6) is 0 Å². The average Bonchev–Trinajstić information content (AvgIpc) is 2.99. The lowest BCUT2D eigenvalue weighted by molar-refractivity contribution is 0.102. The maximum absolute atomic E-state index is 12.7. The lowest BCUT2D eigenvalue weighted by Crippen LogP contribution is -2.29. The number of hydrogen-bond acceptors (Lipinski definition) is 4. The molecule has 4 rings (SSSR count). The Morgan fingerprint density at radius 2 is 1.88 bits per heavy atom. The van der Waals surface area contributed by atoms with Crippen LogP contribution < -0.4 is 10.2 Å². The van der Waals surface area contributed by atoms with Gasteiger partial charge in [0.15, 0.2) is 5.65 Å². The van der Waals surface area contributed by atoms with Crippen molar-refractivity contribution in [2.75, 3.05) is 23.3 Å². The first-order chi connectivity index (χ1) is 12.2. The smallest absolute Gasteiger partial charge is 0.261 e. The molecule has 1 fully saturated rings. The number of anilines is 2. The summed E-state index contributed by atoms with van der Waals surface area (Å²) in [5, 5.41) is 7.29. The van der Waals surface area contributed by atoms with E-state index in [1.807, 2.05) is 19.1 Å². The molecule has 0 aliphatic carbocycles. The number of nitrogens with zero attached hydrogens (tertiary/aromatic N) is 4. The van der Waals surface area contributed by atoms with E-state index in [0.717, 1.165) is 18.8 Å². The molecule has 0 saturated carbocycles. The lowest BCUT2D eigenvalue weighted by Gasteiger charge is -2.28. The predicted molar refractivity (Wildman–Crippen MR) is 98.2 cm³/mol. The number of carbonyl (C=O) groups excluding carboxylic acids is 1. The summed E-state index contributed by atoms with van der Waals surface area (Å²) in [5.74, 6) is -0.183. The number of hydrogen-bond donors (Lipinski definition) is 1. The van der Waals surface area contributed by atoms with Gasteiger partial charge in [-0.1, -0.05) is 0 Å². The molecule has 1 saturated heterocycles. The normalized spacial score (nSPS) is 14.7. The number of carbonyl (C=O) groups is 1. The third-order valence-electron chi connectivity index (χ3n) is 4.64. The van der Waals surface area contributed by atoms with Gasteiger partial charge in [0, 0.05) is 36.9 Å². The lowest BCUT2D eigenvalue weighted by atomic mass is 10.1. The van der Waals surface area contributed by atoms with Crippen LogP contribution in [-0.4, -0.2) is 33.6 Å². The van der Waals surface area contributed by atoms with Crippen LogP contribution >= 0.6 is 0 Å². The highest BCUT2D eigenvalue weighted by Crippen LogP contribution is 2.22. The molecule has 6 nitrogen and oxygen atoms in total. The topological polar surface area (TPSA) is 62.5 Å². The van der Waals surface area contributed by atoms with Gasteiger partial charge >= 0.3 is 0 Å². The molecule has 1 amide bonds. The van der Waals surface area contributed by atoms with Crippen molar-refractivity contribution >= 4 is 22.9 Å². The number of rotatable bonds is 3. The van der Waals surface area contributed by atoms with Gasteiger partial charge in [-0.3, -0.25) is 4.79 Å². The van der Waals surface area contributed by atoms with Crippen LogP contribution in [0, 0.1) is 6.92 Å². The second-order valence-corrected chi connectivity index (χ2v) is 6.40. The highest BCUT2D eigenvalue weighted by atomic mass is 16.1. The fourth-order valence-corrected chi connectivity index (χ4v) is 3.36. The van der Waals surface area contributed by atoms with Crippen LogP contribution in [0.1, 0.15) is 35.3 Å². The van der Waals surface area contributed by atoms with Crippen molar-refractivity contribution in [3.05, 3.63) is 54.0 Å². The molecular weight excluding hydrogens is 314 g/mol. The molecule has 6 heteroatoms. The van der Waals surface area contributed by atoms with E-state index in [0.29, 0.717) is 16.9 Å². The van der Waals surface area contributed by atoms with Gasteiger partial charge in [-0.05, 0) is 56.5 Å². The zero-order valence-corrected chi connectivity index (χ0v) is 14.3. The molecular formula is C19H21N5O. The monoisotopic (exact) mass is 335 g/mol. The number of fused-ring (bicyclic) bond motifs is 1. The zero-order chi connectivity index (χ0) is 17.2. The summed E-state index contributed by atoms with van der Waals surface area (Å²) in [4.78, 5) is 19.4. The third kappa shape index (κ3) is 3.07. The molecule has 3 aromatic rings. The Bertz CT molecular complexity index is 894. The van der Waals surface area contributed by atoms with Crippen molar-refractivity contribution < 1.29 is 4.79 Å². The van der Waals surface area contributed by atoms with Crippen LogP contribution in [0.2, 0.25) is 0 Å². The largest absolute Gasteiger partial charge is 0.372 e. The first kappa shape index (κ1) is 15.6. The van der Waals surface area contributed by atoms with Gasteiger partial charge in [-0.2, -0.15) is 5.10 Å². The van der Waals surface area contributed by atoms with Gasteiger partial charge in [-0.25, -0.2) is 9.50 Å². The summed E-state index contributed by atoms with van der Waals surface area (Å²) < 4.78 is 1.63. The maximum Gasteiger partial charge on any atom is 0.261 e. The number of piperidine rings is 1. The van der Waals surface area contributed by atoms with E-state index in [4.69, 9.17) is 0 Å². The van der Waals surface area contributed by atoms with Crippen molar-refractivity contribution in [1.29, 1.82) is 0 Å². The Morgan fingerprint density at radius 1 is 1.12 bits per heavy atom. The SMILES string of the molecule is Cc1nn2cccnc2c1C(=O)Nc1ccc(N2CCCCC2)cc1. The number of aromatic nitrogens is 3. The van der Waals surface area contributed by atoms with Gasteiger partial charge < -0.3 is 10.2 Å². The maximum atomic E-state index is 12.7. The molecule has 0 spiro atoms. The molecule has 0 atom stereocenters. The fourth-order valence-electron chi connectivity index (χ4n) is 3.36. The highest BCUT2D eigenvalue weighted by Gasteiger charge is 2.18. The predicted octanol–water partition coefficient (Wildman–Crippen LogP) is 3.28. The van der Waals surface area contributed by atoms with Crippen molar-refractivity contribution in [2.24, 2.45) is 0 Å². The molecule has 1 aromatic carbocycles. The summed E-state index contributed by atoms with van der Waals surface area (Å²) in [7, 11) is 0.